The zero-order valence-electron chi connectivity index (χ0n) is 16.8. The van der Waals surface area contributed by atoms with Gasteiger partial charge >= 0.3 is 7.82 Å². The summed E-state index contributed by atoms with van der Waals surface area (Å²) in [5.74, 6) is 1.27. The molecule has 2 aliphatic heterocycles. The molecule has 2 fully saturated rings. The third-order valence-electron chi connectivity index (χ3n) is 6.35. The van der Waals surface area contributed by atoms with E-state index in [1.54, 1.807) is 13.2 Å². The minimum Gasteiger partial charge on any atom is -0.504 e. The fourth-order valence-corrected chi connectivity index (χ4v) is 6.30. The van der Waals surface area contributed by atoms with Crippen molar-refractivity contribution in [1.29, 1.82) is 0 Å². The number of phenols is 1. The number of allylic oxidation sites excluding steroid dienone is 1. The highest BCUT2D eigenvalue weighted by atomic mass is 31.2. The van der Waals surface area contributed by atoms with E-state index in [0.717, 1.165) is 24.9 Å². The highest BCUT2D eigenvalue weighted by Crippen LogP contribution is 2.60. The molecule has 0 radical (unpaired) electrons. The Morgan fingerprint density at radius 3 is 2.64 bits per heavy atom. The van der Waals surface area contributed by atoms with E-state index < -0.39 is 7.82 Å². The first kappa shape index (κ1) is 19.8. The van der Waals surface area contributed by atoms with Gasteiger partial charge in [-0.25, -0.2) is 4.57 Å². The molecule has 2 unspecified atom stereocenters. The molecule has 0 aromatic heterocycles. The monoisotopic (exact) mass is 409 g/mol. The number of fused-ring (bicyclic) bond motifs is 1. The van der Waals surface area contributed by atoms with Crippen molar-refractivity contribution >= 4 is 7.82 Å². The lowest BCUT2D eigenvalue weighted by molar-refractivity contribution is 0.187. The van der Waals surface area contributed by atoms with Gasteiger partial charge < -0.3 is 14.4 Å². The first-order valence-electron chi connectivity index (χ1n) is 9.71. The summed E-state index contributed by atoms with van der Waals surface area (Å²) in [6.45, 7) is 4.60. The Kier molecular flexibility index (Phi) is 4.99. The molecule has 2 heterocycles. The number of nitrogens with zero attached hydrogens (tertiary/aromatic N) is 1. The number of ether oxygens (including phenoxy) is 1. The maximum Gasteiger partial charge on any atom is 0.530 e. The zero-order valence-corrected chi connectivity index (χ0v) is 17.6. The maximum atomic E-state index is 12.8. The molecule has 28 heavy (non-hydrogen) atoms. The molecule has 154 valence electrons. The van der Waals surface area contributed by atoms with E-state index in [0.29, 0.717) is 17.9 Å². The number of likely N-dealkylation sites (N-methyl/N-ethyl adjacent to an activating group) is 1. The summed E-state index contributed by atoms with van der Waals surface area (Å²) >= 11 is 0. The Hall–Kier alpha value is -1.53. The molecule has 0 amide bonds. The molecule has 1 N–H and O–H groups in total. The van der Waals surface area contributed by atoms with Crippen LogP contribution in [0.3, 0.4) is 0 Å². The normalized spacial score (nSPS) is 38.1. The number of hydrogen-bond acceptors (Lipinski definition) is 7. The summed E-state index contributed by atoms with van der Waals surface area (Å²) in [7, 11) is 0.0797. The van der Waals surface area contributed by atoms with Crippen LogP contribution in [-0.4, -0.2) is 49.0 Å². The molecule has 3 aliphatic rings. The Bertz CT molecular complexity index is 828. The van der Waals surface area contributed by atoms with Crippen LogP contribution in [0.5, 0.6) is 11.5 Å². The van der Waals surface area contributed by atoms with Crippen molar-refractivity contribution in [2.24, 2.45) is 0 Å². The quantitative estimate of drug-likeness (QED) is 0.754. The SMILES string of the molecule is COc1cc([C@@]23CCC(OP4(=O)OC(C)C(C)O4)=C[C@@H]2N(C)CC3)ccc1O. The molecule has 7 nitrogen and oxygen atoms in total. The largest absolute Gasteiger partial charge is 0.530 e. The van der Waals surface area contributed by atoms with Gasteiger partial charge in [0, 0.05) is 17.9 Å². The van der Waals surface area contributed by atoms with E-state index in [-0.39, 0.29) is 29.4 Å². The van der Waals surface area contributed by atoms with Gasteiger partial charge in [-0.05, 0) is 64.1 Å². The Morgan fingerprint density at radius 2 is 1.96 bits per heavy atom. The predicted molar refractivity (Wildman–Crippen MR) is 104 cm³/mol. The molecular weight excluding hydrogens is 381 g/mol. The van der Waals surface area contributed by atoms with Crippen LogP contribution in [0.1, 0.15) is 38.7 Å². The summed E-state index contributed by atoms with van der Waals surface area (Å²) in [5, 5.41) is 9.97. The van der Waals surface area contributed by atoms with Crippen molar-refractivity contribution in [3.63, 3.8) is 0 Å². The van der Waals surface area contributed by atoms with Gasteiger partial charge in [-0.1, -0.05) is 6.07 Å². The molecule has 1 aromatic carbocycles. The van der Waals surface area contributed by atoms with Gasteiger partial charge in [-0.3, -0.25) is 13.9 Å². The first-order valence-corrected chi connectivity index (χ1v) is 11.2. The fraction of sp³-hybridized carbons (Fsp3) is 0.600. The van der Waals surface area contributed by atoms with Crippen LogP contribution < -0.4 is 4.74 Å². The van der Waals surface area contributed by atoms with Crippen LogP contribution in [0.2, 0.25) is 0 Å². The van der Waals surface area contributed by atoms with Gasteiger partial charge in [0.1, 0.15) is 5.76 Å². The summed E-state index contributed by atoms with van der Waals surface area (Å²) < 4.78 is 34.8. The summed E-state index contributed by atoms with van der Waals surface area (Å²) in [5.41, 5.74) is 1.03. The van der Waals surface area contributed by atoms with E-state index >= 15 is 0 Å². The van der Waals surface area contributed by atoms with Crippen LogP contribution in [0.25, 0.3) is 0 Å². The molecule has 4 rings (SSSR count). The molecule has 0 spiro atoms. The third-order valence-corrected chi connectivity index (χ3v) is 7.99. The minimum absolute atomic E-state index is 0.0922. The lowest BCUT2D eigenvalue weighted by Gasteiger charge is -2.40. The van der Waals surface area contributed by atoms with Gasteiger partial charge in [0.05, 0.1) is 19.3 Å². The molecule has 0 bridgehead atoms. The highest BCUT2D eigenvalue weighted by Gasteiger charge is 2.50. The number of phosphoric ester groups is 1. The van der Waals surface area contributed by atoms with Crippen molar-refractivity contribution in [3.8, 4) is 11.5 Å². The van der Waals surface area contributed by atoms with Gasteiger partial charge in [0.15, 0.2) is 11.5 Å². The molecule has 4 atom stereocenters. The second-order valence-corrected chi connectivity index (χ2v) is 9.51. The molecule has 1 aliphatic carbocycles. The number of methoxy groups -OCH3 is 1. The molecule has 8 heteroatoms. The minimum atomic E-state index is -3.56. The lowest BCUT2D eigenvalue weighted by atomic mass is 9.68. The average Bonchev–Trinajstić information content (AvgIpc) is 3.12. The van der Waals surface area contributed by atoms with Gasteiger partial charge in [0.2, 0.25) is 0 Å². The van der Waals surface area contributed by atoms with Gasteiger partial charge in [-0.2, -0.15) is 0 Å². The van der Waals surface area contributed by atoms with Crippen LogP contribution in [-0.2, 0) is 23.6 Å². The number of phosphoric acid groups is 1. The third kappa shape index (κ3) is 3.24. The smallest absolute Gasteiger partial charge is 0.504 e. The first-order chi connectivity index (χ1) is 13.3. The number of likely N-dealkylation sites (tertiary alicyclic amines) is 1. The van der Waals surface area contributed by atoms with E-state index in [4.69, 9.17) is 18.3 Å². The summed E-state index contributed by atoms with van der Waals surface area (Å²) in [4.78, 5) is 2.28. The fourth-order valence-electron chi connectivity index (χ4n) is 4.56. The summed E-state index contributed by atoms with van der Waals surface area (Å²) in [6, 6.07) is 5.68. The number of phenolic OH excluding ortho intramolecular Hbond substituents is 1. The second-order valence-electron chi connectivity index (χ2n) is 8.01. The van der Waals surface area contributed by atoms with Crippen molar-refractivity contribution in [1.82, 2.24) is 4.90 Å². The number of benzene rings is 1. The number of rotatable bonds is 4. The van der Waals surface area contributed by atoms with Crippen LogP contribution >= 0.6 is 7.82 Å². The molecule has 0 saturated carbocycles. The summed E-state index contributed by atoms with van der Waals surface area (Å²) in [6.07, 6.45) is 4.01. The Balaban J connectivity index is 1.63. The van der Waals surface area contributed by atoms with E-state index in [9.17, 15) is 9.67 Å². The molecular formula is C20H28NO6P. The van der Waals surface area contributed by atoms with E-state index in [1.807, 2.05) is 26.0 Å². The zero-order chi connectivity index (χ0) is 20.1. The number of aromatic hydroxyl groups is 1. The van der Waals surface area contributed by atoms with Crippen molar-refractivity contribution in [3.05, 3.63) is 35.6 Å². The van der Waals surface area contributed by atoms with E-state index in [1.165, 1.54) is 0 Å². The van der Waals surface area contributed by atoms with Crippen molar-refractivity contribution in [2.45, 2.75) is 56.8 Å². The Labute approximate surface area is 165 Å². The predicted octanol–water partition coefficient (Wildman–Crippen LogP) is 3.97. The second kappa shape index (κ2) is 7.06. The average molecular weight is 409 g/mol. The van der Waals surface area contributed by atoms with Crippen LogP contribution in [0.4, 0.5) is 0 Å². The lowest BCUT2D eigenvalue weighted by Crippen LogP contribution is -2.42. The van der Waals surface area contributed by atoms with Gasteiger partial charge in [0.25, 0.3) is 0 Å². The van der Waals surface area contributed by atoms with Crippen molar-refractivity contribution in [2.75, 3.05) is 20.7 Å². The maximum absolute atomic E-state index is 12.8. The highest BCUT2D eigenvalue weighted by molar-refractivity contribution is 7.48. The van der Waals surface area contributed by atoms with Crippen LogP contribution in [0, 0.1) is 0 Å². The topological polar surface area (TPSA) is 77.5 Å². The van der Waals surface area contributed by atoms with Crippen molar-refractivity contribution < 1.29 is 28.0 Å². The number of hydrogen-bond donors (Lipinski definition) is 1. The Morgan fingerprint density at radius 1 is 1.25 bits per heavy atom. The molecule has 1 aromatic rings. The standard InChI is InChI=1S/C20H28NO6P/c1-13-14(2)26-28(23,25-13)27-16-7-8-20(9-10-21(3)19(20)12-16)15-5-6-17(22)18(11-15)24-4/h5-6,11-14,19,22H,7-10H2,1-4H3/t13?,14?,19-,20-,28?/m0/s1. The molecule has 2 saturated heterocycles. The van der Waals surface area contributed by atoms with E-state index in [2.05, 4.69) is 18.0 Å². The van der Waals surface area contributed by atoms with Gasteiger partial charge in [-0.15, -0.1) is 0 Å². The van der Waals surface area contributed by atoms with Crippen LogP contribution in [0.15, 0.2) is 30.0 Å².